The second-order valence-electron chi connectivity index (χ2n) is 7.14. The Morgan fingerprint density at radius 2 is 2.10 bits per heavy atom. The third-order valence-electron chi connectivity index (χ3n) is 5.07. The predicted molar refractivity (Wildman–Crippen MR) is 110 cm³/mol. The largest absolute Gasteiger partial charge is 0.484 e. The number of amides is 1. The Labute approximate surface area is 175 Å². The first-order valence-electron chi connectivity index (χ1n) is 10.2. The predicted octanol–water partition coefficient (Wildman–Crippen LogP) is 2.85. The summed E-state index contributed by atoms with van der Waals surface area (Å²) < 4.78 is 18.8. The van der Waals surface area contributed by atoms with Gasteiger partial charge in [0.05, 0.1) is 19.3 Å². The molecule has 3 heterocycles. The first-order valence-corrected chi connectivity index (χ1v) is 10.2. The summed E-state index contributed by atoms with van der Waals surface area (Å²) in [6.07, 6.45) is 2.39. The average Bonchev–Trinajstić information content (AvgIpc) is 3.36. The summed E-state index contributed by atoms with van der Waals surface area (Å²) in [5, 5.41) is 4.75. The lowest BCUT2D eigenvalue weighted by atomic mass is 10.0. The normalized spacial score (nSPS) is 13.3. The number of hydrogen-bond acceptors (Lipinski definition) is 6. The molecule has 0 atom stereocenters. The Hall–Kier alpha value is -3.13. The van der Waals surface area contributed by atoms with Gasteiger partial charge in [0.1, 0.15) is 11.5 Å². The van der Waals surface area contributed by atoms with Gasteiger partial charge >= 0.3 is 0 Å². The van der Waals surface area contributed by atoms with Crippen molar-refractivity contribution in [2.24, 2.45) is 0 Å². The first kappa shape index (κ1) is 20.2. The van der Waals surface area contributed by atoms with E-state index in [9.17, 15) is 4.79 Å². The molecule has 1 aliphatic heterocycles. The molecule has 0 aliphatic carbocycles. The summed E-state index contributed by atoms with van der Waals surface area (Å²) in [5.41, 5.74) is 2.78. The first-order chi connectivity index (χ1) is 14.7. The zero-order valence-corrected chi connectivity index (χ0v) is 17.3. The third-order valence-corrected chi connectivity index (χ3v) is 5.07. The molecule has 158 valence electrons. The van der Waals surface area contributed by atoms with Gasteiger partial charge in [0.25, 0.3) is 5.91 Å². The van der Waals surface area contributed by atoms with Crippen LogP contribution in [-0.4, -0.2) is 51.9 Å². The van der Waals surface area contributed by atoms with Crippen LogP contribution >= 0.6 is 0 Å². The van der Waals surface area contributed by atoms with Crippen molar-refractivity contribution in [3.63, 3.8) is 0 Å². The maximum atomic E-state index is 12.8. The standard InChI is InChI=1S/C22H26N4O4/c1-3-28-12-11-26-19-9-10-25(20(27)15-29-17-7-5-4-6-8-17)14-18(19)21(24-26)22-23-13-16(2)30-22/h4-8,13H,3,9-12,14-15H2,1-2H3. The molecule has 0 radical (unpaired) electrons. The molecule has 3 aromatic rings. The lowest BCUT2D eigenvalue weighted by Crippen LogP contribution is -2.39. The topological polar surface area (TPSA) is 82.6 Å². The van der Waals surface area contributed by atoms with Crippen LogP contribution in [0, 0.1) is 6.92 Å². The maximum absolute atomic E-state index is 12.8. The highest BCUT2D eigenvalue weighted by molar-refractivity contribution is 5.78. The Bertz CT molecular complexity index is 996. The Balaban J connectivity index is 1.52. The number of aromatic nitrogens is 3. The van der Waals surface area contributed by atoms with Crippen LogP contribution in [0.5, 0.6) is 5.75 Å². The van der Waals surface area contributed by atoms with Crippen molar-refractivity contribution in [3.05, 3.63) is 53.5 Å². The van der Waals surface area contributed by atoms with Crippen LogP contribution in [-0.2, 0) is 29.0 Å². The zero-order chi connectivity index (χ0) is 20.9. The Kier molecular flexibility index (Phi) is 6.13. The van der Waals surface area contributed by atoms with Crippen molar-refractivity contribution in [2.75, 3.05) is 26.4 Å². The fraction of sp³-hybridized carbons (Fsp3) is 0.409. The quantitative estimate of drug-likeness (QED) is 0.531. The van der Waals surface area contributed by atoms with Gasteiger partial charge in [0.2, 0.25) is 5.89 Å². The van der Waals surface area contributed by atoms with Gasteiger partial charge < -0.3 is 18.8 Å². The third kappa shape index (κ3) is 4.38. The molecule has 1 amide bonds. The van der Waals surface area contributed by atoms with E-state index in [2.05, 4.69) is 4.98 Å². The smallest absolute Gasteiger partial charge is 0.260 e. The second-order valence-corrected chi connectivity index (χ2v) is 7.14. The fourth-order valence-electron chi connectivity index (χ4n) is 3.57. The molecule has 0 spiro atoms. The number of para-hydroxylation sites is 1. The number of fused-ring (bicyclic) bond motifs is 1. The SMILES string of the molecule is CCOCCn1nc(-c2ncc(C)o2)c2c1CCN(C(=O)COc1ccccc1)C2. The van der Waals surface area contributed by atoms with E-state index in [1.807, 2.05) is 48.9 Å². The highest BCUT2D eigenvalue weighted by Gasteiger charge is 2.29. The summed E-state index contributed by atoms with van der Waals surface area (Å²) in [7, 11) is 0. The lowest BCUT2D eigenvalue weighted by Gasteiger charge is -2.27. The second kappa shape index (κ2) is 9.13. The van der Waals surface area contributed by atoms with Gasteiger partial charge in [-0.2, -0.15) is 5.10 Å². The molecule has 1 aromatic carbocycles. The number of rotatable bonds is 8. The monoisotopic (exact) mass is 410 g/mol. The van der Waals surface area contributed by atoms with Gasteiger partial charge in [-0.05, 0) is 26.0 Å². The molecule has 0 saturated heterocycles. The van der Waals surface area contributed by atoms with Crippen molar-refractivity contribution in [2.45, 2.75) is 33.4 Å². The average molecular weight is 410 g/mol. The van der Waals surface area contributed by atoms with E-state index in [-0.39, 0.29) is 12.5 Å². The van der Waals surface area contributed by atoms with E-state index in [0.717, 1.165) is 17.0 Å². The van der Waals surface area contributed by atoms with Gasteiger partial charge in [0, 0.05) is 37.4 Å². The van der Waals surface area contributed by atoms with Gasteiger partial charge in [-0.25, -0.2) is 4.98 Å². The van der Waals surface area contributed by atoms with E-state index >= 15 is 0 Å². The number of aryl methyl sites for hydroxylation is 1. The van der Waals surface area contributed by atoms with E-state index in [4.69, 9.17) is 19.0 Å². The molecule has 8 heteroatoms. The van der Waals surface area contributed by atoms with Crippen LogP contribution in [0.4, 0.5) is 0 Å². The minimum Gasteiger partial charge on any atom is -0.484 e. The number of ether oxygens (including phenoxy) is 2. The summed E-state index contributed by atoms with van der Waals surface area (Å²) in [4.78, 5) is 18.9. The fourth-order valence-corrected chi connectivity index (χ4v) is 3.57. The van der Waals surface area contributed by atoms with E-state index in [1.165, 1.54) is 0 Å². The van der Waals surface area contributed by atoms with Crippen LogP contribution in [0.15, 0.2) is 40.9 Å². The Morgan fingerprint density at radius 1 is 1.27 bits per heavy atom. The van der Waals surface area contributed by atoms with Crippen molar-refractivity contribution >= 4 is 5.91 Å². The van der Waals surface area contributed by atoms with Crippen LogP contribution in [0.1, 0.15) is 23.9 Å². The van der Waals surface area contributed by atoms with Crippen LogP contribution in [0.2, 0.25) is 0 Å². The molecule has 0 saturated carbocycles. The van der Waals surface area contributed by atoms with Gasteiger partial charge in [-0.1, -0.05) is 18.2 Å². The Morgan fingerprint density at radius 3 is 2.83 bits per heavy atom. The zero-order valence-electron chi connectivity index (χ0n) is 17.3. The molecule has 0 fully saturated rings. The summed E-state index contributed by atoms with van der Waals surface area (Å²) >= 11 is 0. The van der Waals surface area contributed by atoms with E-state index in [1.54, 1.807) is 11.1 Å². The van der Waals surface area contributed by atoms with Crippen LogP contribution < -0.4 is 4.74 Å². The number of nitrogens with zero attached hydrogens (tertiary/aromatic N) is 4. The maximum Gasteiger partial charge on any atom is 0.260 e. The minimum absolute atomic E-state index is 0.00523. The van der Waals surface area contributed by atoms with Crippen LogP contribution in [0.3, 0.4) is 0 Å². The van der Waals surface area contributed by atoms with Crippen molar-refractivity contribution in [1.82, 2.24) is 19.7 Å². The molecule has 0 bridgehead atoms. The minimum atomic E-state index is -0.0545. The highest BCUT2D eigenvalue weighted by Crippen LogP contribution is 2.30. The van der Waals surface area contributed by atoms with Crippen molar-refractivity contribution in [3.8, 4) is 17.3 Å². The van der Waals surface area contributed by atoms with E-state index < -0.39 is 0 Å². The number of carbonyl (C=O) groups is 1. The summed E-state index contributed by atoms with van der Waals surface area (Å²) in [5.74, 6) is 1.83. The number of oxazole rings is 1. The van der Waals surface area contributed by atoms with Crippen molar-refractivity contribution < 1.29 is 18.7 Å². The molecule has 4 rings (SSSR count). The summed E-state index contributed by atoms with van der Waals surface area (Å²) in [6, 6.07) is 9.36. The molecule has 1 aliphatic rings. The lowest BCUT2D eigenvalue weighted by molar-refractivity contribution is -0.134. The van der Waals surface area contributed by atoms with Gasteiger partial charge in [0.15, 0.2) is 12.3 Å². The molecular weight excluding hydrogens is 384 g/mol. The molecule has 8 nitrogen and oxygen atoms in total. The van der Waals surface area contributed by atoms with Crippen LogP contribution in [0.25, 0.3) is 11.6 Å². The van der Waals surface area contributed by atoms with Crippen molar-refractivity contribution in [1.29, 1.82) is 0 Å². The van der Waals surface area contributed by atoms with E-state index in [0.29, 0.717) is 56.6 Å². The number of hydrogen-bond donors (Lipinski definition) is 0. The molecule has 0 unspecified atom stereocenters. The number of carbonyl (C=O) groups excluding carboxylic acids is 1. The highest BCUT2D eigenvalue weighted by atomic mass is 16.5. The molecular formula is C22H26N4O4. The van der Waals surface area contributed by atoms with Gasteiger partial charge in [-0.3, -0.25) is 9.48 Å². The number of benzene rings is 1. The summed E-state index contributed by atoms with van der Waals surface area (Å²) in [6.45, 7) is 6.81. The molecule has 2 aromatic heterocycles. The van der Waals surface area contributed by atoms with Gasteiger partial charge in [-0.15, -0.1) is 0 Å². The molecule has 0 N–H and O–H groups in total. The molecule has 30 heavy (non-hydrogen) atoms.